The molecule has 2 nitrogen and oxygen atoms in total. The smallest absolute Gasteiger partial charge is 0.405 e. The van der Waals surface area contributed by atoms with Crippen molar-refractivity contribution in [2.75, 3.05) is 0 Å². The summed E-state index contributed by atoms with van der Waals surface area (Å²) in [6.07, 6.45) is 0. The molecule has 13 heavy (non-hydrogen) atoms. The molecule has 0 aliphatic heterocycles. The second-order valence-corrected chi connectivity index (χ2v) is 3.41. The molecule has 0 amide bonds. The van der Waals surface area contributed by atoms with Crippen molar-refractivity contribution in [3.05, 3.63) is 29.8 Å². The average molecular weight is 195 g/mol. The number of hydrogen-bond acceptors (Lipinski definition) is 2. The van der Waals surface area contributed by atoms with Crippen molar-refractivity contribution in [1.82, 2.24) is 0 Å². The summed E-state index contributed by atoms with van der Waals surface area (Å²) in [4.78, 5) is 10.4. The number of rotatable bonds is 2. The summed E-state index contributed by atoms with van der Waals surface area (Å²) in [7, 11) is 0. The maximum Gasteiger partial charge on any atom is 0.405 e. The van der Waals surface area contributed by atoms with Crippen LogP contribution < -0.4 is 4.74 Å². The van der Waals surface area contributed by atoms with E-state index in [1.165, 1.54) is 5.56 Å². The molecule has 0 bridgehead atoms. The molecule has 0 atom stereocenters. The van der Waals surface area contributed by atoms with Crippen LogP contribution in [0.5, 0.6) is 5.75 Å². The van der Waals surface area contributed by atoms with Gasteiger partial charge in [-0.3, -0.25) is 0 Å². The molecule has 1 rings (SSSR count). The topological polar surface area (TPSA) is 26.3 Å². The zero-order chi connectivity index (χ0) is 9.84. The van der Waals surface area contributed by atoms with E-state index in [0.717, 1.165) is 0 Å². The van der Waals surface area contributed by atoms with Gasteiger partial charge in [-0.05, 0) is 23.6 Å². The molecule has 0 saturated heterocycles. The molecule has 0 N–H and O–H groups in total. The second kappa shape index (κ2) is 4.23. The summed E-state index contributed by atoms with van der Waals surface area (Å²) >= 11 is 4.28. The molecule has 0 heterocycles. The molecular formula is C10H11O2S. The van der Waals surface area contributed by atoms with Crippen LogP contribution in [-0.2, 0) is 0 Å². The van der Waals surface area contributed by atoms with Crippen LogP contribution in [0, 0.1) is 0 Å². The van der Waals surface area contributed by atoms with E-state index in [4.69, 9.17) is 4.74 Å². The van der Waals surface area contributed by atoms with Crippen molar-refractivity contribution in [2.24, 2.45) is 0 Å². The third kappa shape index (κ3) is 3.03. The summed E-state index contributed by atoms with van der Waals surface area (Å²) in [6, 6.07) is 7.36. The minimum Gasteiger partial charge on any atom is -0.415 e. The molecular weight excluding hydrogens is 184 g/mol. The summed E-state index contributed by atoms with van der Waals surface area (Å²) in [5.41, 5.74) is 1.21. The summed E-state index contributed by atoms with van der Waals surface area (Å²) < 4.78 is 4.72. The summed E-state index contributed by atoms with van der Waals surface area (Å²) in [6.45, 7) is 4.21. The number of ether oxygens (including phenoxy) is 1. The molecule has 0 aromatic heterocycles. The standard InChI is InChI=1S/C10H11O2S/c1-7(2)8-3-5-9(6-4-8)12-10(11)13/h3-7H,1-2H3. The highest BCUT2D eigenvalue weighted by Gasteiger charge is 2.01. The summed E-state index contributed by atoms with van der Waals surface area (Å²) in [5, 5.41) is -0.697. The quantitative estimate of drug-likeness (QED) is 0.675. The van der Waals surface area contributed by atoms with Gasteiger partial charge >= 0.3 is 5.30 Å². The van der Waals surface area contributed by atoms with Gasteiger partial charge in [0, 0.05) is 12.6 Å². The molecule has 1 aromatic carbocycles. The first-order valence-electron chi connectivity index (χ1n) is 4.08. The average Bonchev–Trinajstić information content (AvgIpc) is 2.04. The monoisotopic (exact) mass is 195 g/mol. The fraction of sp³-hybridized carbons (Fsp3) is 0.300. The van der Waals surface area contributed by atoms with Gasteiger partial charge in [-0.15, -0.1) is 0 Å². The Morgan fingerprint density at radius 1 is 1.31 bits per heavy atom. The van der Waals surface area contributed by atoms with Crippen molar-refractivity contribution in [2.45, 2.75) is 19.8 Å². The number of hydrogen-bond donors (Lipinski definition) is 0. The maximum atomic E-state index is 10.4. The Kier molecular flexibility index (Phi) is 3.25. The Labute approximate surface area is 83.3 Å². The number of carbonyl (C=O) groups is 1. The van der Waals surface area contributed by atoms with E-state index in [1.54, 1.807) is 12.1 Å². The van der Waals surface area contributed by atoms with Crippen LogP contribution in [0.4, 0.5) is 4.79 Å². The van der Waals surface area contributed by atoms with Gasteiger partial charge in [0.15, 0.2) is 0 Å². The van der Waals surface area contributed by atoms with Gasteiger partial charge in [-0.25, -0.2) is 4.79 Å². The lowest BCUT2D eigenvalue weighted by Crippen LogP contribution is -1.96. The van der Waals surface area contributed by atoms with Gasteiger partial charge in [-0.1, -0.05) is 26.0 Å². The molecule has 3 heteroatoms. The van der Waals surface area contributed by atoms with Crippen molar-refractivity contribution < 1.29 is 9.53 Å². The first-order chi connectivity index (χ1) is 6.09. The van der Waals surface area contributed by atoms with Gasteiger partial charge in [0.1, 0.15) is 5.75 Å². The van der Waals surface area contributed by atoms with Crippen LogP contribution in [0.15, 0.2) is 24.3 Å². The zero-order valence-corrected chi connectivity index (χ0v) is 8.43. The second-order valence-electron chi connectivity index (χ2n) is 3.08. The molecule has 0 unspecified atom stereocenters. The molecule has 0 spiro atoms. The Morgan fingerprint density at radius 3 is 2.23 bits per heavy atom. The van der Waals surface area contributed by atoms with Crippen LogP contribution in [-0.4, -0.2) is 5.30 Å². The number of benzene rings is 1. The maximum absolute atomic E-state index is 10.4. The van der Waals surface area contributed by atoms with Crippen LogP contribution >= 0.6 is 12.6 Å². The van der Waals surface area contributed by atoms with Crippen molar-refractivity contribution in [3.8, 4) is 5.75 Å². The van der Waals surface area contributed by atoms with Crippen LogP contribution in [0.1, 0.15) is 25.3 Å². The predicted molar refractivity (Wildman–Crippen MR) is 54.1 cm³/mol. The van der Waals surface area contributed by atoms with Gasteiger partial charge < -0.3 is 4.74 Å². The Morgan fingerprint density at radius 2 is 1.85 bits per heavy atom. The highest BCUT2D eigenvalue weighted by atomic mass is 32.1. The molecule has 69 valence electrons. The third-order valence-electron chi connectivity index (χ3n) is 1.75. The Hall–Kier alpha value is -1.09. The highest BCUT2D eigenvalue weighted by molar-refractivity contribution is 7.96. The minimum atomic E-state index is -0.697. The van der Waals surface area contributed by atoms with Crippen molar-refractivity contribution in [3.63, 3.8) is 0 Å². The SMILES string of the molecule is CC(C)c1ccc(OC(=O)[S])cc1. The van der Waals surface area contributed by atoms with Crippen LogP contribution in [0.3, 0.4) is 0 Å². The van der Waals surface area contributed by atoms with Gasteiger partial charge in [0.25, 0.3) is 0 Å². The third-order valence-corrected chi connectivity index (χ3v) is 1.83. The van der Waals surface area contributed by atoms with Crippen molar-refractivity contribution >= 4 is 17.9 Å². The minimum absolute atomic E-state index is 0.480. The van der Waals surface area contributed by atoms with E-state index in [9.17, 15) is 4.79 Å². The van der Waals surface area contributed by atoms with Crippen LogP contribution in [0.25, 0.3) is 0 Å². The number of carbonyl (C=O) groups excluding carboxylic acids is 1. The fourth-order valence-corrected chi connectivity index (χ4v) is 1.11. The van der Waals surface area contributed by atoms with E-state index < -0.39 is 5.30 Å². The van der Waals surface area contributed by atoms with Gasteiger partial charge in [-0.2, -0.15) is 0 Å². The van der Waals surface area contributed by atoms with Gasteiger partial charge in [0.05, 0.1) is 0 Å². The zero-order valence-electron chi connectivity index (χ0n) is 7.61. The lowest BCUT2D eigenvalue weighted by atomic mass is 10.0. The lowest BCUT2D eigenvalue weighted by Gasteiger charge is -2.05. The first kappa shape index (κ1) is 9.99. The molecule has 0 aliphatic carbocycles. The molecule has 1 aromatic rings. The molecule has 0 saturated carbocycles. The van der Waals surface area contributed by atoms with E-state index in [2.05, 4.69) is 26.5 Å². The Bertz CT molecular complexity index is 290. The highest BCUT2D eigenvalue weighted by Crippen LogP contribution is 2.18. The van der Waals surface area contributed by atoms with E-state index in [1.807, 2.05) is 12.1 Å². The Balaban J connectivity index is 2.75. The fourth-order valence-electron chi connectivity index (χ4n) is 1.02. The normalized spacial score (nSPS) is 10.1. The molecule has 1 radical (unpaired) electrons. The van der Waals surface area contributed by atoms with Gasteiger partial charge in [0.2, 0.25) is 0 Å². The predicted octanol–water partition coefficient (Wildman–Crippen LogP) is 3.51. The molecule has 0 fully saturated rings. The van der Waals surface area contributed by atoms with E-state index in [-0.39, 0.29) is 0 Å². The van der Waals surface area contributed by atoms with E-state index in [0.29, 0.717) is 11.7 Å². The first-order valence-corrected chi connectivity index (χ1v) is 4.49. The van der Waals surface area contributed by atoms with E-state index >= 15 is 0 Å². The van der Waals surface area contributed by atoms with Crippen molar-refractivity contribution in [1.29, 1.82) is 0 Å². The molecule has 0 aliphatic rings. The summed E-state index contributed by atoms with van der Waals surface area (Å²) in [5.74, 6) is 0.984. The lowest BCUT2D eigenvalue weighted by molar-refractivity contribution is 0.227. The van der Waals surface area contributed by atoms with Crippen LogP contribution in [0.2, 0.25) is 0 Å². The largest absolute Gasteiger partial charge is 0.415 e.